The topological polar surface area (TPSA) is 39.9 Å². The fraction of sp³-hybridized carbons (Fsp3) is 0. The van der Waals surface area contributed by atoms with Crippen LogP contribution in [0, 0.1) is 0 Å². The monoisotopic (exact) mass is 627 g/mol. The van der Waals surface area contributed by atoms with Crippen LogP contribution in [0.3, 0.4) is 0 Å². The summed E-state index contributed by atoms with van der Waals surface area (Å²) >= 11 is 6.51. The third-order valence-electron chi connectivity index (χ3n) is 8.79. The van der Waals surface area contributed by atoms with Gasteiger partial charge in [0.25, 0.3) is 0 Å². The molecule has 0 unspecified atom stereocenters. The average molecular weight is 628 g/mol. The second-order valence-electron chi connectivity index (χ2n) is 11.4. The summed E-state index contributed by atoms with van der Waals surface area (Å²) in [5.41, 5.74) is 6.17. The minimum absolute atomic E-state index is 0.650. The molecular formula is C40H26N3OPS. The Hall–Kier alpha value is -5.35. The summed E-state index contributed by atoms with van der Waals surface area (Å²) in [4.78, 5) is 9.55. The molecule has 6 aromatic carbocycles. The fourth-order valence-corrected chi connectivity index (χ4v) is 10.3. The van der Waals surface area contributed by atoms with Crippen LogP contribution in [0.4, 0.5) is 0 Å². The molecule has 0 fully saturated rings. The number of hydrogen-bond acceptors (Lipinski definition) is 4. The van der Waals surface area contributed by atoms with E-state index in [1.165, 1.54) is 21.4 Å². The Morgan fingerprint density at radius 3 is 1.85 bits per heavy atom. The summed E-state index contributed by atoms with van der Waals surface area (Å²) in [6.45, 7) is 0. The van der Waals surface area contributed by atoms with Gasteiger partial charge < -0.3 is 9.30 Å². The highest BCUT2D eigenvalue weighted by Crippen LogP contribution is 2.46. The normalized spacial score (nSPS) is 12.2. The van der Waals surface area contributed by atoms with E-state index < -0.39 is 6.04 Å². The largest absolute Gasteiger partial charge is 0.453 e. The molecule has 6 heteroatoms. The molecule has 0 saturated carbocycles. The number of aromatic nitrogens is 3. The van der Waals surface area contributed by atoms with E-state index in [2.05, 4.69) is 126 Å². The van der Waals surface area contributed by atoms with Gasteiger partial charge in [-0.2, -0.15) is 0 Å². The van der Waals surface area contributed by atoms with Crippen LogP contribution in [0.15, 0.2) is 158 Å². The summed E-state index contributed by atoms with van der Waals surface area (Å²) in [6, 6.07) is 48.3. The Morgan fingerprint density at radius 2 is 1.13 bits per heavy atom. The molecule has 0 spiro atoms. The van der Waals surface area contributed by atoms with Gasteiger partial charge in [-0.1, -0.05) is 127 Å². The van der Waals surface area contributed by atoms with E-state index in [1.54, 1.807) is 0 Å². The van der Waals surface area contributed by atoms with Crippen molar-refractivity contribution >= 4 is 55.6 Å². The molecule has 9 rings (SSSR count). The van der Waals surface area contributed by atoms with Crippen molar-refractivity contribution in [3.8, 4) is 39.7 Å². The average Bonchev–Trinajstić information content (AvgIpc) is 3.48. The zero-order chi connectivity index (χ0) is 30.7. The molecule has 0 amide bonds. The first-order valence-electron chi connectivity index (χ1n) is 15.2. The van der Waals surface area contributed by atoms with E-state index in [1.807, 2.05) is 36.7 Å². The zero-order valence-electron chi connectivity index (χ0n) is 24.6. The first-order chi connectivity index (χ1) is 22.7. The molecule has 1 aliphatic heterocycles. The summed E-state index contributed by atoms with van der Waals surface area (Å²) in [5.74, 6) is 2.29. The number of rotatable bonds is 5. The number of ether oxygens (including phenoxy) is 1. The van der Waals surface area contributed by atoms with E-state index in [-0.39, 0.29) is 0 Å². The molecule has 4 nitrogen and oxygen atoms in total. The zero-order valence-corrected chi connectivity index (χ0v) is 26.3. The van der Waals surface area contributed by atoms with Crippen molar-refractivity contribution < 1.29 is 4.74 Å². The molecule has 0 saturated heterocycles. The van der Waals surface area contributed by atoms with Gasteiger partial charge >= 0.3 is 0 Å². The van der Waals surface area contributed by atoms with Crippen LogP contribution < -0.4 is 20.7 Å². The number of hydrogen-bond donors (Lipinski definition) is 0. The van der Waals surface area contributed by atoms with Gasteiger partial charge in [-0.3, -0.25) is 0 Å². The lowest BCUT2D eigenvalue weighted by molar-refractivity contribution is 0.476. The molecule has 3 heterocycles. The quantitative estimate of drug-likeness (QED) is 0.179. The van der Waals surface area contributed by atoms with Crippen molar-refractivity contribution in [3.63, 3.8) is 0 Å². The van der Waals surface area contributed by atoms with Gasteiger partial charge in [-0.25, -0.2) is 9.97 Å². The summed E-state index contributed by atoms with van der Waals surface area (Å²) in [5, 5.41) is 5.93. The predicted molar refractivity (Wildman–Crippen MR) is 193 cm³/mol. The molecule has 1 aliphatic rings. The molecule has 218 valence electrons. The van der Waals surface area contributed by atoms with E-state index in [4.69, 9.17) is 26.5 Å². The van der Waals surface area contributed by atoms with Gasteiger partial charge in [-0.15, -0.1) is 0 Å². The van der Waals surface area contributed by atoms with Crippen LogP contribution in [-0.4, -0.2) is 14.5 Å². The Bertz CT molecular complexity index is 2410. The number of benzene rings is 6. The Balaban J connectivity index is 1.04. The van der Waals surface area contributed by atoms with Crippen molar-refractivity contribution in [1.82, 2.24) is 14.5 Å². The van der Waals surface area contributed by atoms with Crippen molar-refractivity contribution in [1.29, 1.82) is 0 Å². The Morgan fingerprint density at radius 1 is 0.522 bits per heavy atom. The standard InChI is InChI=1S/C40H26N3OPS/c46-45(30-10-3-1-4-11-30,31-12-5-2-6-13-31)32-21-18-27(19-22-32)29-25-41-40(42-26-29)28-20-23-36-38(24-28)44-37-17-9-15-34-33-14-7-8-16-35(33)43(36)39(34)37/h1-26H. The third-order valence-corrected chi connectivity index (χ3v) is 13.8. The molecule has 46 heavy (non-hydrogen) atoms. The molecule has 0 atom stereocenters. The fourth-order valence-electron chi connectivity index (χ4n) is 6.57. The van der Waals surface area contributed by atoms with E-state index >= 15 is 0 Å². The molecule has 0 radical (unpaired) electrons. The smallest absolute Gasteiger partial charge is 0.159 e. The van der Waals surface area contributed by atoms with Gasteiger partial charge in [0, 0.05) is 40.3 Å². The SMILES string of the molecule is S=P(c1ccccc1)(c1ccccc1)c1ccc(-c2cnc(-c3ccc4c(c3)Oc3cccc5c6ccccc6n-4c35)nc2)cc1. The van der Waals surface area contributed by atoms with Gasteiger partial charge in [0.05, 0.1) is 16.7 Å². The first kappa shape index (κ1) is 27.0. The number of fused-ring (bicyclic) bond motifs is 5. The van der Waals surface area contributed by atoms with Crippen molar-refractivity contribution in [2.75, 3.05) is 0 Å². The van der Waals surface area contributed by atoms with Crippen LogP contribution in [0.25, 0.3) is 50.0 Å². The molecule has 0 bridgehead atoms. The van der Waals surface area contributed by atoms with Crippen molar-refractivity contribution in [2.45, 2.75) is 0 Å². The maximum absolute atomic E-state index is 6.51. The van der Waals surface area contributed by atoms with Gasteiger partial charge in [0.15, 0.2) is 17.3 Å². The van der Waals surface area contributed by atoms with Crippen LogP contribution in [0.5, 0.6) is 11.5 Å². The molecular weight excluding hydrogens is 602 g/mol. The van der Waals surface area contributed by atoms with Crippen LogP contribution in [0.1, 0.15) is 0 Å². The molecule has 2 aromatic heterocycles. The summed E-state index contributed by atoms with van der Waals surface area (Å²) < 4.78 is 8.75. The first-order valence-corrected chi connectivity index (χ1v) is 18.0. The predicted octanol–water partition coefficient (Wildman–Crippen LogP) is 8.77. The lowest BCUT2D eigenvalue weighted by atomic mass is 10.1. The Labute approximate surface area is 271 Å². The summed E-state index contributed by atoms with van der Waals surface area (Å²) in [7, 11) is 0. The molecule has 0 aliphatic carbocycles. The number of para-hydroxylation sites is 2. The lowest BCUT2D eigenvalue weighted by Crippen LogP contribution is -2.24. The minimum Gasteiger partial charge on any atom is -0.453 e. The lowest BCUT2D eigenvalue weighted by Gasteiger charge is -2.24. The van der Waals surface area contributed by atoms with Crippen molar-refractivity contribution in [3.05, 3.63) is 158 Å². The highest BCUT2D eigenvalue weighted by Gasteiger charge is 2.26. The Kier molecular flexibility index (Phi) is 6.24. The van der Waals surface area contributed by atoms with Crippen LogP contribution in [-0.2, 0) is 11.8 Å². The van der Waals surface area contributed by atoms with E-state index in [9.17, 15) is 0 Å². The van der Waals surface area contributed by atoms with Crippen molar-refractivity contribution in [2.24, 2.45) is 0 Å². The van der Waals surface area contributed by atoms with Gasteiger partial charge in [-0.05, 0) is 51.8 Å². The van der Waals surface area contributed by atoms with Crippen LogP contribution >= 0.6 is 6.04 Å². The maximum Gasteiger partial charge on any atom is 0.159 e. The summed E-state index contributed by atoms with van der Waals surface area (Å²) in [6.07, 6.45) is 3.78. The molecule has 0 N–H and O–H groups in total. The van der Waals surface area contributed by atoms with E-state index in [0.29, 0.717) is 5.82 Å². The number of nitrogens with zero attached hydrogens (tertiary/aromatic N) is 3. The van der Waals surface area contributed by atoms with E-state index in [0.717, 1.165) is 50.2 Å². The third kappa shape index (κ3) is 4.17. The van der Waals surface area contributed by atoms with Gasteiger partial charge in [0.2, 0.25) is 0 Å². The van der Waals surface area contributed by atoms with Crippen LogP contribution in [0.2, 0.25) is 0 Å². The second kappa shape index (κ2) is 10.6. The minimum atomic E-state index is -2.20. The molecule has 8 aromatic rings. The highest BCUT2D eigenvalue weighted by molar-refractivity contribution is 8.25. The second-order valence-corrected chi connectivity index (χ2v) is 15.8. The maximum atomic E-state index is 6.51. The highest BCUT2D eigenvalue weighted by atomic mass is 32.4. The van der Waals surface area contributed by atoms with Gasteiger partial charge in [0.1, 0.15) is 0 Å².